The zero-order valence-corrected chi connectivity index (χ0v) is 18.8. The number of hydrogen-bond donors (Lipinski definition) is 1. The van der Waals surface area contributed by atoms with Crippen molar-refractivity contribution in [3.63, 3.8) is 0 Å². The van der Waals surface area contributed by atoms with Crippen LogP contribution in [0.1, 0.15) is 38.8 Å². The molecule has 0 amide bonds. The molecular weight excluding hydrogens is 368 g/mol. The van der Waals surface area contributed by atoms with Crippen molar-refractivity contribution in [3.05, 3.63) is 53.6 Å². The number of rotatable bonds is 5. The summed E-state index contributed by atoms with van der Waals surface area (Å²) in [6.07, 6.45) is 0. The number of ether oxygens (including phenoxy) is 3. The molecule has 0 unspecified atom stereocenters. The van der Waals surface area contributed by atoms with Gasteiger partial charge in [0.05, 0.1) is 26.9 Å². The molecule has 152 valence electrons. The lowest BCUT2D eigenvalue weighted by Crippen LogP contribution is -2.50. The van der Waals surface area contributed by atoms with Crippen molar-refractivity contribution in [2.45, 2.75) is 58.2 Å². The molecule has 0 bridgehead atoms. The van der Waals surface area contributed by atoms with Gasteiger partial charge in [0.15, 0.2) is 5.79 Å². The molecule has 0 aromatic heterocycles. The number of aromatic hydroxyl groups is 1. The van der Waals surface area contributed by atoms with Gasteiger partial charge >= 0.3 is 0 Å². The van der Waals surface area contributed by atoms with E-state index in [1.54, 1.807) is 6.07 Å². The zero-order valence-electron chi connectivity index (χ0n) is 17.8. The second-order valence-corrected chi connectivity index (χ2v) is 14.4. The van der Waals surface area contributed by atoms with Crippen molar-refractivity contribution in [3.8, 4) is 11.5 Å². The van der Waals surface area contributed by atoms with Gasteiger partial charge in [-0.3, -0.25) is 0 Å². The molecule has 1 aliphatic rings. The Hall–Kier alpha value is -1.82. The summed E-state index contributed by atoms with van der Waals surface area (Å²) in [5, 5.41) is 12.0. The van der Waals surface area contributed by atoms with Crippen molar-refractivity contribution in [2.75, 3.05) is 13.2 Å². The zero-order chi connectivity index (χ0) is 20.6. The molecule has 0 radical (unpaired) electrons. The predicted octanol–water partition coefficient (Wildman–Crippen LogP) is 4.91. The summed E-state index contributed by atoms with van der Waals surface area (Å²) in [4.78, 5) is 0. The first-order chi connectivity index (χ1) is 13.0. The first-order valence-corrected chi connectivity index (χ1v) is 12.9. The van der Waals surface area contributed by atoms with Crippen LogP contribution >= 0.6 is 0 Å². The van der Waals surface area contributed by atoms with Crippen LogP contribution in [0.25, 0.3) is 0 Å². The monoisotopic (exact) mass is 400 g/mol. The van der Waals surface area contributed by atoms with E-state index in [0.717, 1.165) is 16.3 Å². The van der Waals surface area contributed by atoms with E-state index in [2.05, 4.69) is 39.9 Å². The summed E-state index contributed by atoms with van der Waals surface area (Å²) in [6.45, 7) is 14.7. The third kappa shape index (κ3) is 3.97. The number of hydrogen-bond acceptors (Lipinski definition) is 4. The van der Waals surface area contributed by atoms with Gasteiger partial charge in [-0.2, -0.15) is 0 Å². The van der Waals surface area contributed by atoms with Crippen LogP contribution in [-0.4, -0.2) is 26.4 Å². The smallest absolute Gasteiger partial charge is 0.195 e. The molecule has 5 heteroatoms. The van der Waals surface area contributed by atoms with E-state index < -0.39 is 13.9 Å². The lowest BCUT2D eigenvalue weighted by atomic mass is 10.1. The van der Waals surface area contributed by atoms with E-state index in [9.17, 15) is 5.11 Å². The molecule has 1 N–H and O–H groups in total. The molecule has 1 saturated heterocycles. The molecule has 3 rings (SSSR count). The Morgan fingerprint density at radius 2 is 1.68 bits per heavy atom. The van der Waals surface area contributed by atoms with Gasteiger partial charge in [-0.15, -0.1) is 0 Å². The van der Waals surface area contributed by atoms with Gasteiger partial charge in [0.1, 0.15) is 18.1 Å². The first-order valence-electron chi connectivity index (χ1n) is 9.87. The SMILES string of the molecule is CC1(c2cc([Si](C)(C)C(C)(C)C)c(O)cc2OCc2ccccc2)OCCO1. The summed E-state index contributed by atoms with van der Waals surface area (Å²) in [6, 6.07) is 13.8. The first kappa shape index (κ1) is 20.9. The fraction of sp³-hybridized carbons (Fsp3) is 0.478. The highest BCUT2D eigenvalue weighted by Crippen LogP contribution is 2.42. The Bertz CT molecular complexity index is 818. The van der Waals surface area contributed by atoms with E-state index in [1.807, 2.05) is 37.3 Å². The molecule has 28 heavy (non-hydrogen) atoms. The molecule has 0 aliphatic carbocycles. The molecule has 4 nitrogen and oxygen atoms in total. The summed E-state index contributed by atoms with van der Waals surface area (Å²) in [7, 11) is -1.97. The highest BCUT2D eigenvalue weighted by Gasteiger charge is 2.42. The van der Waals surface area contributed by atoms with Crippen LogP contribution in [0, 0.1) is 0 Å². The van der Waals surface area contributed by atoms with Gasteiger partial charge in [-0.25, -0.2) is 0 Å². The Morgan fingerprint density at radius 3 is 2.25 bits per heavy atom. The summed E-state index contributed by atoms with van der Waals surface area (Å²) < 4.78 is 18.0. The van der Waals surface area contributed by atoms with Crippen LogP contribution in [0.2, 0.25) is 18.1 Å². The highest BCUT2D eigenvalue weighted by molar-refractivity contribution is 6.92. The standard InChI is InChI=1S/C23H32O4Si/c1-22(2,3)28(5,6)21-14-18(23(4)26-12-13-27-23)20(15-19(21)24)25-16-17-10-8-7-9-11-17/h7-11,14-15,24H,12-13,16H2,1-6H3. The Balaban J connectivity index is 2.05. The minimum atomic E-state index is -1.97. The Labute approximate surface area is 169 Å². The summed E-state index contributed by atoms with van der Waals surface area (Å²) in [5.41, 5.74) is 1.92. The van der Waals surface area contributed by atoms with Crippen LogP contribution in [0.15, 0.2) is 42.5 Å². The molecule has 2 aromatic carbocycles. The van der Waals surface area contributed by atoms with Crippen molar-refractivity contribution >= 4 is 13.3 Å². The van der Waals surface area contributed by atoms with Gasteiger partial charge < -0.3 is 19.3 Å². The second kappa shape index (κ2) is 7.54. The maximum Gasteiger partial charge on any atom is 0.195 e. The van der Waals surface area contributed by atoms with Crippen molar-refractivity contribution in [1.82, 2.24) is 0 Å². The third-order valence-electron chi connectivity index (χ3n) is 6.21. The topological polar surface area (TPSA) is 47.9 Å². The lowest BCUT2D eigenvalue weighted by Gasteiger charge is -2.38. The van der Waals surface area contributed by atoms with E-state index in [1.165, 1.54) is 0 Å². The molecule has 0 saturated carbocycles. The van der Waals surface area contributed by atoms with Gasteiger partial charge in [0.25, 0.3) is 0 Å². The maximum absolute atomic E-state index is 10.9. The van der Waals surface area contributed by atoms with Crippen molar-refractivity contribution in [2.24, 2.45) is 0 Å². The van der Waals surface area contributed by atoms with Crippen LogP contribution < -0.4 is 9.92 Å². The summed E-state index contributed by atoms with van der Waals surface area (Å²) in [5.74, 6) is 0.0322. The molecule has 1 fully saturated rings. The van der Waals surface area contributed by atoms with Gasteiger partial charge in [-0.05, 0) is 28.8 Å². The molecule has 1 aliphatic heterocycles. The van der Waals surface area contributed by atoms with Gasteiger partial charge in [-0.1, -0.05) is 64.2 Å². The minimum absolute atomic E-state index is 0.0897. The Kier molecular flexibility index (Phi) is 5.63. The van der Waals surface area contributed by atoms with Crippen LogP contribution in [0.4, 0.5) is 0 Å². The number of benzene rings is 2. The van der Waals surface area contributed by atoms with Crippen molar-refractivity contribution in [1.29, 1.82) is 0 Å². The predicted molar refractivity (Wildman–Crippen MR) is 115 cm³/mol. The quantitative estimate of drug-likeness (QED) is 0.725. The van der Waals surface area contributed by atoms with Crippen LogP contribution in [0.3, 0.4) is 0 Å². The van der Waals surface area contributed by atoms with E-state index in [-0.39, 0.29) is 5.04 Å². The second-order valence-electron chi connectivity index (χ2n) is 9.16. The fourth-order valence-corrected chi connectivity index (χ4v) is 5.38. The molecule has 2 aromatic rings. The number of phenols is 1. The third-order valence-corrected chi connectivity index (χ3v) is 11.7. The maximum atomic E-state index is 10.9. The van der Waals surface area contributed by atoms with Crippen molar-refractivity contribution < 1.29 is 19.3 Å². The van der Waals surface area contributed by atoms with E-state index in [0.29, 0.717) is 31.3 Å². The minimum Gasteiger partial charge on any atom is -0.508 e. The highest BCUT2D eigenvalue weighted by atomic mass is 28.3. The fourth-order valence-electron chi connectivity index (χ4n) is 3.35. The van der Waals surface area contributed by atoms with Gasteiger partial charge in [0, 0.05) is 6.07 Å². The largest absolute Gasteiger partial charge is 0.508 e. The molecule has 1 heterocycles. The van der Waals surface area contributed by atoms with Crippen LogP contribution in [0.5, 0.6) is 11.5 Å². The molecular formula is C23H32O4Si. The lowest BCUT2D eigenvalue weighted by molar-refractivity contribution is -0.150. The summed E-state index contributed by atoms with van der Waals surface area (Å²) >= 11 is 0. The normalized spacial score (nSPS) is 16.9. The van der Waals surface area contributed by atoms with E-state index in [4.69, 9.17) is 14.2 Å². The molecule has 0 atom stereocenters. The average Bonchev–Trinajstić information content (AvgIpc) is 3.07. The van der Waals surface area contributed by atoms with E-state index >= 15 is 0 Å². The number of phenolic OH excluding ortho intramolecular Hbond substituents is 1. The Morgan fingerprint density at radius 1 is 1.07 bits per heavy atom. The average molecular weight is 401 g/mol. The van der Waals surface area contributed by atoms with Gasteiger partial charge in [0.2, 0.25) is 0 Å². The molecule has 0 spiro atoms. The van der Waals surface area contributed by atoms with Crippen LogP contribution in [-0.2, 0) is 21.9 Å².